The Morgan fingerprint density at radius 3 is 1.20 bits per heavy atom. The molecule has 0 radical (unpaired) electrons. The van der Waals surface area contributed by atoms with Crippen molar-refractivity contribution in [3.63, 3.8) is 0 Å². The standard InChI is InChI=1S/C5Br10/c6-1(2(7)8)3(9,10)4(11,12)5(13,14)15. The Bertz CT molecular complexity index is 266. The lowest BCUT2D eigenvalue weighted by atomic mass is 10.3. The SMILES string of the molecule is BrC(Br)=C(Br)C(Br)(Br)C(Br)(Br)C(Br)(Br)Br. The van der Waals surface area contributed by atoms with E-state index in [9.17, 15) is 0 Å². The molecule has 0 aromatic rings. The average molecular weight is 859 g/mol. The van der Waals surface area contributed by atoms with Gasteiger partial charge in [-0.3, -0.25) is 0 Å². The van der Waals surface area contributed by atoms with Crippen LogP contribution in [0.5, 0.6) is 0 Å². The van der Waals surface area contributed by atoms with E-state index in [1.54, 1.807) is 0 Å². The second kappa shape index (κ2) is 7.00. The largest absolute Gasteiger partial charge is 0.162 e. The molecule has 0 aromatic heterocycles. The van der Waals surface area contributed by atoms with Gasteiger partial charge in [0.2, 0.25) is 0 Å². The first-order valence-corrected chi connectivity index (χ1v) is 10.8. The van der Waals surface area contributed by atoms with Crippen LogP contribution >= 0.6 is 159 Å². The number of halogens is 10. The summed E-state index contributed by atoms with van der Waals surface area (Å²) in [5.74, 6) is 0. The number of alkyl halides is 7. The van der Waals surface area contributed by atoms with Gasteiger partial charge < -0.3 is 0 Å². The molecule has 0 aliphatic heterocycles. The highest BCUT2D eigenvalue weighted by Crippen LogP contribution is 2.66. The zero-order valence-corrected chi connectivity index (χ0v) is 22.1. The molecular formula is C5Br10. The number of allylic oxidation sites excluding steroid dienone is 1. The molecule has 0 saturated carbocycles. The molecule has 10 heteroatoms. The van der Waals surface area contributed by atoms with E-state index in [0.29, 0.717) is 0 Å². The van der Waals surface area contributed by atoms with Crippen molar-refractivity contribution in [3.05, 3.63) is 7.87 Å². The summed E-state index contributed by atoms with van der Waals surface area (Å²) in [4.78, 5) is 0. The summed E-state index contributed by atoms with van der Waals surface area (Å²) in [6.07, 6.45) is 0. The van der Waals surface area contributed by atoms with Crippen molar-refractivity contribution in [2.45, 2.75) is 8.61 Å². The molecule has 0 aliphatic carbocycles. The van der Waals surface area contributed by atoms with Gasteiger partial charge in [0.15, 0.2) is 2.14 Å². The average Bonchev–Trinajstić information content (AvgIpc) is 2.00. The molecule has 0 fully saturated rings. The summed E-state index contributed by atoms with van der Waals surface area (Å²) in [6, 6.07) is 0. The molecule has 0 atom stereocenters. The lowest BCUT2D eigenvalue weighted by Gasteiger charge is -2.40. The Morgan fingerprint density at radius 2 is 1.00 bits per heavy atom. The highest BCUT2D eigenvalue weighted by molar-refractivity contribution is 9.42. The third kappa shape index (κ3) is 4.79. The van der Waals surface area contributed by atoms with Crippen LogP contribution in [0.4, 0.5) is 0 Å². The van der Waals surface area contributed by atoms with E-state index in [2.05, 4.69) is 159 Å². The molecule has 0 N–H and O–H groups in total. The first-order chi connectivity index (χ1) is 6.35. The quantitative estimate of drug-likeness (QED) is 0.246. The summed E-state index contributed by atoms with van der Waals surface area (Å²) in [6.45, 7) is 0. The lowest BCUT2D eigenvalue weighted by molar-refractivity contribution is 0.909. The molecule has 0 rings (SSSR count). The van der Waals surface area contributed by atoms with E-state index in [1.165, 1.54) is 0 Å². The topological polar surface area (TPSA) is 0 Å². The summed E-state index contributed by atoms with van der Waals surface area (Å²) in [5.41, 5.74) is 0. The predicted molar refractivity (Wildman–Crippen MR) is 104 cm³/mol. The van der Waals surface area contributed by atoms with E-state index >= 15 is 0 Å². The van der Waals surface area contributed by atoms with Crippen molar-refractivity contribution in [2.75, 3.05) is 0 Å². The van der Waals surface area contributed by atoms with Crippen molar-refractivity contribution in [2.24, 2.45) is 0 Å². The number of hydrogen-bond acceptors (Lipinski definition) is 0. The molecule has 0 aromatic carbocycles. The highest BCUT2D eigenvalue weighted by Gasteiger charge is 2.58. The van der Waals surface area contributed by atoms with E-state index in [1.807, 2.05) is 0 Å². The first-order valence-electron chi connectivity index (χ1n) is 2.89. The van der Waals surface area contributed by atoms with Gasteiger partial charge >= 0.3 is 0 Å². The lowest BCUT2D eigenvalue weighted by Crippen LogP contribution is -2.44. The number of rotatable bonds is 2. The van der Waals surface area contributed by atoms with Gasteiger partial charge in [0.25, 0.3) is 0 Å². The maximum Gasteiger partial charge on any atom is 0.162 e. The van der Waals surface area contributed by atoms with E-state index in [0.717, 1.165) is 7.87 Å². The predicted octanol–water partition coefficient (Wildman–Crippen LogP) is 8.15. The van der Waals surface area contributed by atoms with Crippen molar-refractivity contribution in [3.8, 4) is 0 Å². The van der Waals surface area contributed by atoms with Gasteiger partial charge in [-0.25, -0.2) is 0 Å². The van der Waals surface area contributed by atoms with Gasteiger partial charge in [-0.15, -0.1) is 0 Å². The minimum atomic E-state index is -0.619. The van der Waals surface area contributed by atoms with E-state index < -0.39 is 8.61 Å². The molecular weight excluding hydrogens is 859 g/mol. The summed E-state index contributed by atoms with van der Waals surface area (Å²) in [7, 11) is 0. The van der Waals surface area contributed by atoms with Gasteiger partial charge in [0, 0.05) is 4.48 Å². The monoisotopic (exact) mass is 849 g/mol. The Labute approximate surface area is 172 Å². The summed E-state index contributed by atoms with van der Waals surface area (Å²) in [5, 5.41) is 0. The third-order valence-corrected chi connectivity index (χ3v) is 16.6. The molecule has 0 aliphatic rings. The minimum Gasteiger partial charge on any atom is -0.0663 e. The zero-order valence-electron chi connectivity index (χ0n) is 6.28. The van der Waals surface area contributed by atoms with Crippen LogP contribution in [0.3, 0.4) is 0 Å². The molecule has 0 nitrogen and oxygen atoms in total. The second-order valence-corrected chi connectivity index (χ2v) is 19.3. The molecule has 0 bridgehead atoms. The van der Waals surface area contributed by atoms with Crippen LogP contribution in [0.15, 0.2) is 7.87 Å². The Morgan fingerprint density at radius 1 is 0.667 bits per heavy atom. The van der Waals surface area contributed by atoms with Crippen molar-refractivity contribution in [1.29, 1.82) is 0 Å². The molecule has 90 valence electrons. The van der Waals surface area contributed by atoms with Crippen LogP contribution in [-0.2, 0) is 0 Å². The van der Waals surface area contributed by atoms with Crippen LogP contribution in [0, 0.1) is 0 Å². The normalized spacial score (nSPS) is 14.0. The Balaban J connectivity index is 5.49. The fourth-order valence-electron chi connectivity index (χ4n) is 0.435. The Hall–Kier alpha value is 4.54. The third-order valence-electron chi connectivity index (χ3n) is 1.19. The van der Waals surface area contributed by atoms with Crippen LogP contribution in [0.2, 0.25) is 0 Å². The van der Waals surface area contributed by atoms with Crippen molar-refractivity contribution in [1.82, 2.24) is 0 Å². The van der Waals surface area contributed by atoms with Crippen LogP contribution in [0.1, 0.15) is 0 Å². The van der Waals surface area contributed by atoms with E-state index in [4.69, 9.17) is 0 Å². The minimum absolute atomic E-state index is 0.582. The number of hydrogen-bond donors (Lipinski definition) is 0. The molecule has 0 amide bonds. The fourth-order valence-corrected chi connectivity index (χ4v) is 6.80. The fraction of sp³-hybridized carbons (Fsp3) is 0.600. The van der Waals surface area contributed by atoms with E-state index in [-0.39, 0.29) is 0 Å². The Kier molecular flexibility index (Phi) is 9.12. The van der Waals surface area contributed by atoms with Gasteiger partial charge in [-0.1, -0.05) is 127 Å². The van der Waals surface area contributed by atoms with Crippen LogP contribution < -0.4 is 0 Å². The molecule has 15 heavy (non-hydrogen) atoms. The van der Waals surface area contributed by atoms with Crippen molar-refractivity contribution < 1.29 is 0 Å². The summed E-state index contributed by atoms with van der Waals surface area (Å²) < 4.78 is -0.214. The maximum absolute atomic E-state index is 3.57. The smallest absolute Gasteiger partial charge is 0.0663 e. The summed E-state index contributed by atoms with van der Waals surface area (Å²) >= 11 is 34.8. The van der Waals surface area contributed by atoms with Gasteiger partial charge in [0.05, 0.1) is 3.39 Å². The zero-order chi connectivity index (χ0) is 12.7. The van der Waals surface area contributed by atoms with Crippen molar-refractivity contribution >= 4 is 159 Å². The molecule has 0 heterocycles. The second-order valence-electron chi connectivity index (χ2n) is 2.22. The first kappa shape index (κ1) is 19.5. The van der Waals surface area contributed by atoms with Crippen LogP contribution in [-0.4, -0.2) is 8.61 Å². The molecule has 0 spiro atoms. The van der Waals surface area contributed by atoms with Gasteiger partial charge in [0.1, 0.15) is 6.47 Å². The highest BCUT2D eigenvalue weighted by atomic mass is 80.0. The molecule has 0 unspecified atom stereocenters. The van der Waals surface area contributed by atoms with Gasteiger partial charge in [-0.05, 0) is 31.9 Å². The molecule has 0 saturated heterocycles. The van der Waals surface area contributed by atoms with Crippen LogP contribution in [0.25, 0.3) is 0 Å². The van der Waals surface area contributed by atoms with Gasteiger partial charge in [-0.2, -0.15) is 0 Å². The maximum atomic E-state index is 3.57.